The maximum atomic E-state index is 6.23. The molecule has 2 rings (SSSR count). The highest BCUT2D eigenvalue weighted by Gasteiger charge is 2.20. The van der Waals surface area contributed by atoms with Gasteiger partial charge in [-0.25, -0.2) is 0 Å². The predicted octanol–water partition coefficient (Wildman–Crippen LogP) is 3.47. The number of hydrogen-bond acceptors (Lipinski definition) is 2. The van der Waals surface area contributed by atoms with Crippen LogP contribution in [-0.4, -0.2) is 30.6 Å². The fourth-order valence-electron chi connectivity index (χ4n) is 2.69. The molecule has 1 saturated heterocycles. The van der Waals surface area contributed by atoms with E-state index in [1.165, 1.54) is 38.0 Å². The standard InChI is InChI=1S/C15H23ClN2/c1-3-18-10-8-13(9-11-18)17-12(2)14-6-4-5-7-15(14)16/h4-7,12-13,17H,3,8-11H2,1-2H3/t12-/m1/s1. The predicted molar refractivity (Wildman–Crippen MR) is 78.1 cm³/mol. The van der Waals surface area contributed by atoms with Gasteiger partial charge in [0.05, 0.1) is 0 Å². The topological polar surface area (TPSA) is 15.3 Å². The molecule has 0 unspecified atom stereocenters. The first-order valence-corrected chi connectivity index (χ1v) is 7.31. The summed E-state index contributed by atoms with van der Waals surface area (Å²) in [6, 6.07) is 9.07. The van der Waals surface area contributed by atoms with Crippen molar-refractivity contribution in [2.45, 2.75) is 38.8 Å². The van der Waals surface area contributed by atoms with Crippen molar-refractivity contribution in [3.8, 4) is 0 Å². The summed E-state index contributed by atoms with van der Waals surface area (Å²) in [6.45, 7) is 8.03. The van der Waals surface area contributed by atoms with E-state index in [4.69, 9.17) is 11.6 Å². The zero-order chi connectivity index (χ0) is 13.0. The van der Waals surface area contributed by atoms with Crippen LogP contribution in [0.3, 0.4) is 0 Å². The molecular weight excluding hydrogens is 244 g/mol. The molecule has 1 aliphatic heterocycles. The smallest absolute Gasteiger partial charge is 0.0453 e. The Labute approximate surface area is 115 Å². The molecule has 0 spiro atoms. The number of rotatable bonds is 4. The summed E-state index contributed by atoms with van der Waals surface area (Å²) in [5, 5.41) is 4.57. The van der Waals surface area contributed by atoms with Crippen LogP contribution in [0.1, 0.15) is 38.3 Å². The zero-order valence-corrected chi connectivity index (χ0v) is 12.1. The number of likely N-dealkylation sites (tertiary alicyclic amines) is 1. The second-order valence-corrected chi connectivity index (χ2v) is 5.53. The number of nitrogens with one attached hydrogen (secondary N) is 1. The van der Waals surface area contributed by atoms with E-state index >= 15 is 0 Å². The lowest BCUT2D eigenvalue weighted by Gasteiger charge is -2.33. The van der Waals surface area contributed by atoms with Crippen LogP contribution in [0, 0.1) is 0 Å². The van der Waals surface area contributed by atoms with Crippen molar-refractivity contribution in [1.29, 1.82) is 0 Å². The molecule has 100 valence electrons. The molecule has 1 aromatic rings. The van der Waals surface area contributed by atoms with E-state index in [1.54, 1.807) is 0 Å². The van der Waals surface area contributed by atoms with Crippen LogP contribution in [0.15, 0.2) is 24.3 Å². The third-order valence-corrected chi connectivity index (χ3v) is 4.24. The molecule has 1 aromatic carbocycles. The van der Waals surface area contributed by atoms with Gasteiger partial charge in [-0.2, -0.15) is 0 Å². The number of hydrogen-bond donors (Lipinski definition) is 1. The molecule has 2 nitrogen and oxygen atoms in total. The molecule has 1 N–H and O–H groups in total. The van der Waals surface area contributed by atoms with E-state index in [0.717, 1.165) is 5.02 Å². The van der Waals surface area contributed by atoms with Gasteiger partial charge in [0.15, 0.2) is 0 Å². The third kappa shape index (κ3) is 3.47. The van der Waals surface area contributed by atoms with Gasteiger partial charge < -0.3 is 10.2 Å². The van der Waals surface area contributed by atoms with E-state index in [1.807, 2.05) is 12.1 Å². The normalized spacial score (nSPS) is 19.9. The first kappa shape index (κ1) is 13.9. The molecule has 3 heteroatoms. The van der Waals surface area contributed by atoms with Crippen molar-refractivity contribution in [2.24, 2.45) is 0 Å². The van der Waals surface area contributed by atoms with E-state index in [2.05, 4.69) is 36.2 Å². The molecule has 1 heterocycles. The summed E-state index contributed by atoms with van der Waals surface area (Å²) < 4.78 is 0. The molecule has 1 atom stereocenters. The zero-order valence-electron chi connectivity index (χ0n) is 11.3. The van der Waals surface area contributed by atoms with Gasteiger partial charge in [-0.15, -0.1) is 0 Å². The minimum atomic E-state index is 0.330. The molecule has 18 heavy (non-hydrogen) atoms. The van der Waals surface area contributed by atoms with Crippen LogP contribution in [0.25, 0.3) is 0 Å². The van der Waals surface area contributed by atoms with Gasteiger partial charge in [0, 0.05) is 17.1 Å². The van der Waals surface area contributed by atoms with E-state index in [9.17, 15) is 0 Å². The monoisotopic (exact) mass is 266 g/mol. The summed E-state index contributed by atoms with van der Waals surface area (Å²) >= 11 is 6.23. The average Bonchev–Trinajstić information content (AvgIpc) is 2.40. The van der Waals surface area contributed by atoms with Crippen LogP contribution >= 0.6 is 11.6 Å². The molecule has 0 aliphatic carbocycles. The van der Waals surface area contributed by atoms with E-state index < -0.39 is 0 Å². The van der Waals surface area contributed by atoms with Gasteiger partial charge in [-0.3, -0.25) is 0 Å². The average molecular weight is 267 g/mol. The molecule has 1 aliphatic rings. The second-order valence-electron chi connectivity index (χ2n) is 5.12. The summed E-state index contributed by atoms with van der Waals surface area (Å²) in [5.74, 6) is 0. The molecular formula is C15H23ClN2. The minimum Gasteiger partial charge on any atom is -0.307 e. The van der Waals surface area contributed by atoms with Gasteiger partial charge >= 0.3 is 0 Å². The lowest BCUT2D eigenvalue weighted by molar-refractivity contribution is 0.200. The lowest BCUT2D eigenvalue weighted by Crippen LogP contribution is -2.43. The largest absolute Gasteiger partial charge is 0.307 e. The first-order chi connectivity index (χ1) is 8.70. The number of nitrogens with zero attached hydrogens (tertiary/aromatic N) is 1. The van der Waals surface area contributed by atoms with Crippen molar-refractivity contribution in [3.05, 3.63) is 34.9 Å². The molecule has 1 fully saturated rings. The third-order valence-electron chi connectivity index (χ3n) is 3.89. The highest BCUT2D eigenvalue weighted by Crippen LogP contribution is 2.23. The van der Waals surface area contributed by atoms with Crippen molar-refractivity contribution in [2.75, 3.05) is 19.6 Å². The number of benzene rings is 1. The molecule has 0 amide bonds. The Morgan fingerprint density at radius 1 is 1.33 bits per heavy atom. The van der Waals surface area contributed by atoms with Gasteiger partial charge in [0.2, 0.25) is 0 Å². The first-order valence-electron chi connectivity index (χ1n) is 6.93. The second kappa shape index (κ2) is 6.55. The number of halogens is 1. The molecule has 0 saturated carbocycles. The highest BCUT2D eigenvalue weighted by atomic mass is 35.5. The Bertz CT molecular complexity index is 373. The van der Waals surface area contributed by atoms with Crippen LogP contribution in [0.2, 0.25) is 5.02 Å². The van der Waals surface area contributed by atoms with Gasteiger partial charge in [-0.05, 0) is 51.0 Å². The van der Waals surface area contributed by atoms with Gasteiger partial charge in [0.1, 0.15) is 0 Å². The molecule has 0 radical (unpaired) electrons. The summed E-state index contributed by atoms with van der Waals surface area (Å²) in [6.07, 6.45) is 2.48. The summed E-state index contributed by atoms with van der Waals surface area (Å²) in [7, 11) is 0. The molecule has 0 bridgehead atoms. The van der Waals surface area contributed by atoms with Crippen LogP contribution in [0.5, 0.6) is 0 Å². The van der Waals surface area contributed by atoms with Crippen LogP contribution < -0.4 is 5.32 Å². The lowest BCUT2D eigenvalue weighted by atomic mass is 10.0. The van der Waals surface area contributed by atoms with Crippen LogP contribution in [-0.2, 0) is 0 Å². The Morgan fingerprint density at radius 2 is 2.00 bits per heavy atom. The maximum absolute atomic E-state index is 6.23. The van der Waals surface area contributed by atoms with Crippen molar-refractivity contribution >= 4 is 11.6 Å². The fraction of sp³-hybridized carbons (Fsp3) is 0.600. The van der Waals surface area contributed by atoms with Crippen LogP contribution in [0.4, 0.5) is 0 Å². The SMILES string of the molecule is CCN1CCC(N[C@H](C)c2ccccc2Cl)CC1. The Morgan fingerprint density at radius 3 is 2.61 bits per heavy atom. The van der Waals surface area contributed by atoms with Crippen molar-refractivity contribution in [1.82, 2.24) is 10.2 Å². The van der Waals surface area contributed by atoms with E-state index in [-0.39, 0.29) is 0 Å². The van der Waals surface area contributed by atoms with E-state index in [0.29, 0.717) is 12.1 Å². The van der Waals surface area contributed by atoms with Crippen molar-refractivity contribution in [3.63, 3.8) is 0 Å². The van der Waals surface area contributed by atoms with Gasteiger partial charge in [0.25, 0.3) is 0 Å². The quantitative estimate of drug-likeness (QED) is 0.898. The summed E-state index contributed by atoms with van der Waals surface area (Å²) in [5.41, 5.74) is 1.21. The fourth-order valence-corrected chi connectivity index (χ4v) is 2.98. The maximum Gasteiger partial charge on any atom is 0.0453 e. The van der Waals surface area contributed by atoms with Gasteiger partial charge in [-0.1, -0.05) is 36.7 Å². The minimum absolute atomic E-state index is 0.330. The number of piperidine rings is 1. The van der Waals surface area contributed by atoms with Crippen molar-refractivity contribution < 1.29 is 0 Å². The Kier molecular flexibility index (Phi) is 5.04. The summed E-state index contributed by atoms with van der Waals surface area (Å²) in [4.78, 5) is 2.51. The Hall–Kier alpha value is -0.570. The Balaban J connectivity index is 1.89. The highest BCUT2D eigenvalue weighted by molar-refractivity contribution is 6.31. The molecule has 0 aromatic heterocycles.